The molecule has 1 aromatic carbocycles. The zero-order valence-corrected chi connectivity index (χ0v) is 10.7. The van der Waals surface area contributed by atoms with Crippen LogP contribution in [0, 0.1) is 6.92 Å². The first kappa shape index (κ1) is 13.4. The largest absolute Gasteiger partial charge is 0.330 e. The van der Waals surface area contributed by atoms with Gasteiger partial charge in [0.05, 0.1) is 0 Å². The summed E-state index contributed by atoms with van der Waals surface area (Å²) < 4.78 is 3.24. The van der Waals surface area contributed by atoms with Crippen LogP contribution in [0.1, 0.15) is 31.9 Å². The Bertz CT molecular complexity index is 258. The summed E-state index contributed by atoms with van der Waals surface area (Å²) >= 11 is 1.63. The summed E-state index contributed by atoms with van der Waals surface area (Å²) in [5.41, 5.74) is 3.95. The van der Waals surface area contributed by atoms with Crippen molar-refractivity contribution in [3.05, 3.63) is 29.3 Å². The molecule has 0 saturated carbocycles. The van der Waals surface area contributed by atoms with Gasteiger partial charge in [0.1, 0.15) is 0 Å². The molecule has 1 rings (SSSR count). The summed E-state index contributed by atoms with van der Waals surface area (Å²) in [5.74, 6) is 0. The fraction of sp³-hybridized carbons (Fsp3) is 0.500. The van der Waals surface area contributed by atoms with Crippen molar-refractivity contribution in [3.8, 4) is 0 Å². The molecule has 0 bridgehead atoms. The van der Waals surface area contributed by atoms with Crippen LogP contribution in [-0.2, 0) is 6.42 Å². The molecule has 14 heavy (non-hydrogen) atoms. The van der Waals surface area contributed by atoms with E-state index in [1.807, 2.05) is 20.1 Å². The summed E-state index contributed by atoms with van der Waals surface area (Å²) in [6.45, 7) is 8.31. The van der Waals surface area contributed by atoms with E-state index >= 15 is 0 Å². The van der Waals surface area contributed by atoms with Crippen LogP contribution in [0.2, 0.25) is 0 Å². The fourth-order valence-corrected chi connectivity index (χ4v) is 1.62. The van der Waals surface area contributed by atoms with Gasteiger partial charge in [-0.2, -0.15) is 0 Å². The lowest BCUT2D eigenvalue weighted by Crippen LogP contribution is -1.90. The van der Waals surface area contributed by atoms with Crippen LogP contribution in [0.3, 0.4) is 0 Å². The lowest BCUT2D eigenvalue weighted by Gasteiger charge is -2.07. The van der Waals surface area contributed by atoms with Crippen LogP contribution in [0.4, 0.5) is 5.69 Å². The van der Waals surface area contributed by atoms with E-state index in [2.05, 4.69) is 36.8 Å². The first-order valence-electron chi connectivity index (χ1n) is 5.16. The van der Waals surface area contributed by atoms with Crippen LogP contribution in [0.25, 0.3) is 0 Å². The summed E-state index contributed by atoms with van der Waals surface area (Å²) in [6.07, 6.45) is 3.15. The minimum absolute atomic E-state index is 1.11. The maximum atomic E-state index is 3.24. The number of aryl methyl sites for hydroxylation is 2. The van der Waals surface area contributed by atoms with Gasteiger partial charge in [0.25, 0.3) is 0 Å². The fourth-order valence-electron chi connectivity index (χ4n) is 1.17. The minimum atomic E-state index is 1.11. The molecule has 1 N–H and O–H groups in total. The molecule has 0 aromatic heterocycles. The second-order valence-corrected chi connectivity index (χ2v) is 3.42. The Hall–Kier alpha value is -0.630. The summed E-state index contributed by atoms with van der Waals surface area (Å²) in [7, 11) is 0. The molecule has 80 valence electrons. The first-order chi connectivity index (χ1) is 6.77. The Labute approximate surface area is 92.4 Å². The molecular weight excluding hydrogens is 190 g/mol. The lowest BCUT2D eigenvalue weighted by molar-refractivity contribution is 1.13. The highest BCUT2D eigenvalue weighted by Gasteiger charge is 1.96. The highest BCUT2D eigenvalue weighted by atomic mass is 32.2. The van der Waals surface area contributed by atoms with Gasteiger partial charge < -0.3 is 4.72 Å². The van der Waals surface area contributed by atoms with Gasteiger partial charge in [-0.25, -0.2) is 0 Å². The molecule has 0 spiro atoms. The molecular formula is C12H21NS. The van der Waals surface area contributed by atoms with Crippen molar-refractivity contribution in [3.63, 3.8) is 0 Å². The van der Waals surface area contributed by atoms with Crippen molar-refractivity contribution in [2.45, 2.75) is 34.1 Å². The third-order valence-electron chi connectivity index (χ3n) is 1.91. The van der Waals surface area contributed by atoms with E-state index < -0.39 is 0 Å². The Morgan fingerprint density at radius 2 is 1.93 bits per heavy atom. The van der Waals surface area contributed by atoms with Crippen molar-refractivity contribution >= 4 is 17.6 Å². The Balaban J connectivity index is 0.000000791. The topological polar surface area (TPSA) is 12.0 Å². The molecule has 0 unspecified atom stereocenters. The van der Waals surface area contributed by atoms with Gasteiger partial charge in [0.15, 0.2) is 0 Å². The van der Waals surface area contributed by atoms with Gasteiger partial charge in [-0.3, -0.25) is 0 Å². The van der Waals surface area contributed by atoms with E-state index in [9.17, 15) is 0 Å². The highest BCUT2D eigenvalue weighted by Crippen LogP contribution is 2.18. The third-order valence-corrected chi connectivity index (χ3v) is 2.34. The van der Waals surface area contributed by atoms with Crippen molar-refractivity contribution < 1.29 is 0 Å². The SMILES string of the molecule is CC.CCc1ccc(NSC)c(C)c1. The monoisotopic (exact) mass is 211 g/mol. The maximum Gasteiger partial charge on any atom is 0.0469 e. The van der Waals surface area contributed by atoms with Gasteiger partial charge in [-0.15, -0.1) is 0 Å². The minimum Gasteiger partial charge on any atom is -0.330 e. The number of hydrogen-bond donors (Lipinski definition) is 1. The predicted molar refractivity (Wildman–Crippen MR) is 69.0 cm³/mol. The molecule has 0 heterocycles. The van der Waals surface area contributed by atoms with Gasteiger partial charge in [0.2, 0.25) is 0 Å². The van der Waals surface area contributed by atoms with Crippen LogP contribution in [0.15, 0.2) is 18.2 Å². The normalized spacial score (nSPS) is 8.93. The van der Waals surface area contributed by atoms with E-state index in [1.54, 1.807) is 11.9 Å². The molecule has 0 amide bonds. The van der Waals surface area contributed by atoms with E-state index in [0.717, 1.165) is 6.42 Å². The number of hydrogen-bond acceptors (Lipinski definition) is 2. The van der Waals surface area contributed by atoms with Crippen LogP contribution in [-0.4, -0.2) is 6.26 Å². The predicted octanol–water partition coefficient (Wildman–Crippen LogP) is 4.27. The maximum absolute atomic E-state index is 3.24. The van der Waals surface area contributed by atoms with E-state index in [1.165, 1.54) is 16.8 Å². The molecule has 0 aliphatic heterocycles. The zero-order valence-electron chi connectivity index (χ0n) is 9.85. The standard InChI is InChI=1S/C10H15NS.C2H6/c1-4-9-5-6-10(11-12-3)8(2)7-9;1-2/h5-7,11H,4H2,1-3H3;1-2H3. The van der Waals surface area contributed by atoms with Crippen LogP contribution < -0.4 is 4.72 Å². The third kappa shape index (κ3) is 4.05. The van der Waals surface area contributed by atoms with Crippen LogP contribution >= 0.6 is 11.9 Å². The van der Waals surface area contributed by atoms with Gasteiger partial charge in [-0.05, 0) is 30.5 Å². The van der Waals surface area contributed by atoms with Gasteiger partial charge in [0, 0.05) is 11.9 Å². The number of benzene rings is 1. The van der Waals surface area contributed by atoms with Crippen molar-refractivity contribution in [1.82, 2.24) is 0 Å². The molecule has 1 aromatic rings. The van der Waals surface area contributed by atoms with Crippen molar-refractivity contribution in [2.24, 2.45) is 0 Å². The van der Waals surface area contributed by atoms with Crippen LogP contribution in [0.5, 0.6) is 0 Å². The average molecular weight is 211 g/mol. The second-order valence-electron chi connectivity index (χ2n) is 2.81. The molecule has 0 saturated heterocycles. The molecule has 2 heteroatoms. The molecule has 0 aliphatic carbocycles. The molecule has 0 fully saturated rings. The number of anilines is 1. The zero-order chi connectivity index (χ0) is 11.0. The summed E-state index contributed by atoms with van der Waals surface area (Å²) in [6, 6.07) is 6.55. The quantitative estimate of drug-likeness (QED) is 0.749. The summed E-state index contributed by atoms with van der Waals surface area (Å²) in [4.78, 5) is 0. The van der Waals surface area contributed by atoms with Gasteiger partial charge >= 0.3 is 0 Å². The highest BCUT2D eigenvalue weighted by molar-refractivity contribution is 7.99. The lowest BCUT2D eigenvalue weighted by atomic mass is 10.1. The second kappa shape index (κ2) is 7.74. The number of nitrogens with one attached hydrogen (secondary N) is 1. The molecule has 0 aliphatic rings. The Morgan fingerprint density at radius 3 is 2.36 bits per heavy atom. The molecule has 0 radical (unpaired) electrons. The van der Waals surface area contributed by atoms with E-state index in [-0.39, 0.29) is 0 Å². The van der Waals surface area contributed by atoms with Crippen molar-refractivity contribution in [2.75, 3.05) is 11.0 Å². The number of rotatable bonds is 3. The summed E-state index contributed by atoms with van der Waals surface area (Å²) in [5, 5.41) is 0. The average Bonchev–Trinajstić information content (AvgIpc) is 2.24. The molecule has 0 atom stereocenters. The Kier molecular flexibility index (Phi) is 7.40. The smallest absolute Gasteiger partial charge is 0.0469 e. The van der Waals surface area contributed by atoms with E-state index in [4.69, 9.17) is 0 Å². The van der Waals surface area contributed by atoms with Gasteiger partial charge in [-0.1, -0.05) is 44.9 Å². The first-order valence-corrected chi connectivity index (χ1v) is 6.39. The van der Waals surface area contributed by atoms with Crippen molar-refractivity contribution in [1.29, 1.82) is 0 Å². The molecule has 1 nitrogen and oxygen atoms in total. The van der Waals surface area contributed by atoms with E-state index in [0.29, 0.717) is 0 Å². The Morgan fingerprint density at radius 1 is 1.29 bits per heavy atom.